The predicted octanol–water partition coefficient (Wildman–Crippen LogP) is 3.14. The largest absolute Gasteiger partial charge is 0.302 e. The second-order valence-corrected chi connectivity index (χ2v) is 6.02. The van der Waals surface area contributed by atoms with Gasteiger partial charge in [0.05, 0.1) is 11.7 Å². The third-order valence-corrected chi connectivity index (χ3v) is 4.40. The van der Waals surface area contributed by atoms with Gasteiger partial charge in [0.15, 0.2) is 5.82 Å². The number of aromatic nitrogens is 4. The predicted molar refractivity (Wildman–Crippen MR) is 90.9 cm³/mol. The van der Waals surface area contributed by atoms with Gasteiger partial charge in [0.1, 0.15) is 6.33 Å². The lowest BCUT2D eigenvalue weighted by Gasteiger charge is -2.27. The van der Waals surface area contributed by atoms with Crippen LogP contribution in [0.25, 0.3) is 22.0 Å². The number of hydrogen-bond donors (Lipinski definition) is 2. The van der Waals surface area contributed by atoms with Crippen molar-refractivity contribution in [3.63, 3.8) is 0 Å². The Bertz CT molecular complexity index is 819. The van der Waals surface area contributed by atoms with E-state index in [1.165, 1.54) is 19.3 Å². The third-order valence-electron chi connectivity index (χ3n) is 4.40. The molecular formula is C17H20N6. The molecule has 4 rings (SSSR count). The van der Waals surface area contributed by atoms with E-state index in [2.05, 4.69) is 42.7 Å². The fourth-order valence-corrected chi connectivity index (χ4v) is 3.11. The van der Waals surface area contributed by atoms with E-state index in [1.54, 1.807) is 6.33 Å². The molecule has 6 nitrogen and oxygen atoms in total. The summed E-state index contributed by atoms with van der Waals surface area (Å²) in [5, 5.41) is 10.4. The van der Waals surface area contributed by atoms with Crippen molar-refractivity contribution in [1.29, 1.82) is 0 Å². The summed E-state index contributed by atoms with van der Waals surface area (Å²) in [5.74, 6) is 0.875. The van der Waals surface area contributed by atoms with Crippen molar-refractivity contribution in [2.24, 2.45) is 0 Å². The number of benzene rings is 1. The standard InChI is InChI=1S/C17H20N6/c1-12-15(10-20-21-12)13-5-6-16-14(9-13)17(19-11-18-16)22-23-7-3-2-4-8-23/h5-6,9-11H,2-4,7-8H2,1H3,(H,20,21)(H,18,19,22). The number of H-pyrrole nitrogens is 1. The van der Waals surface area contributed by atoms with Crippen molar-refractivity contribution in [3.8, 4) is 11.1 Å². The zero-order valence-electron chi connectivity index (χ0n) is 13.2. The zero-order valence-corrected chi connectivity index (χ0v) is 13.2. The molecule has 0 radical (unpaired) electrons. The molecule has 118 valence electrons. The Morgan fingerprint density at radius 2 is 2.00 bits per heavy atom. The zero-order chi connectivity index (χ0) is 15.6. The topological polar surface area (TPSA) is 69.7 Å². The number of aromatic amines is 1. The minimum Gasteiger partial charge on any atom is -0.302 e. The molecule has 0 aliphatic carbocycles. The second kappa shape index (κ2) is 5.96. The lowest BCUT2D eigenvalue weighted by molar-refractivity contribution is 0.272. The maximum atomic E-state index is 4.46. The first-order valence-electron chi connectivity index (χ1n) is 8.08. The average Bonchev–Trinajstić information content (AvgIpc) is 3.02. The molecule has 0 atom stereocenters. The summed E-state index contributed by atoms with van der Waals surface area (Å²) in [4.78, 5) is 8.85. The number of rotatable bonds is 3. The normalized spacial score (nSPS) is 15.9. The number of nitrogens with one attached hydrogen (secondary N) is 2. The van der Waals surface area contributed by atoms with Crippen molar-refractivity contribution < 1.29 is 0 Å². The average molecular weight is 308 g/mol. The van der Waals surface area contributed by atoms with E-state index >= 15 is 0 Å². The number of hydrogen-bond acceptors (Lipinski definition) is 5. The number of aryl methyl sites for hydroxylation is 1. The molecule has 0 bridgehead atoms. The Labute approximate surface area is 134 Å². The van der Waals surface area contributed by atoms with Crippen molar-refractivity contribution in [3.05, 3.63) is 36.4 Å². The first kappa shape index (κ1) is 14.1. The van der Waals surface area contributed by atoms with Gasteiger partial charge < -0.3 is 5.43 Å². The molecule has 1 aromatic carbocycles. The summed E-state index contributed by atoms with van der Waals surface area (Å²) in [7, 11) is 0. The molecule has 2 aromatic heterocycles. The van der Waals surface area contributed by atoms with Crippen LogP contribution in [0.3, 0.4) is 0 Å². The van der Waals surface area contributed by atoms with Gasteiger partial charge in [0.25, 0.3) is 0 Å². The molecular weight excluding hydrogens is 288 g/mol. The van der Waals surface area contributed by atoms with E-state index in [4.69, 9.17) is 0 Å². The molecule has 0 saturated carbocycles. The van der Waals surface area contributed by atoms with Crippen LogP contribution < -0.4 is 5.43 Å². The van der Waals surface area contributed by atoms with Gasteiger partial charge in [-0.25, -0.2) is 15.0 Å². The van der Waals surface area contributed by atoms with Gasteiger partial charge in [-0.05, 0) is 37.5 Å². The van der Waals surface area contributed by atoms with Crippen LogP contribution in [0.4, 0.5) is 5.82 Å². The molecule has 1 saturated heterocycles. The maximum Gasteiger partial charge on any atom is 0.151 e. The highest BCUT2D eigenvalue weighted by Gasteiger charge is 2.13. The number of fused-ring (bicyclic) bond motifs is 1. The summed E-state index contributed by atoms with van der Waals surface area (Å²) in [5.41, 5.74) is 7.72. The molecule has 3 aromatic rings. The Hall–Kier alpha value is -2.47. The third kappa shape index (κ3) is 2.77. The van der Waals surface area contributed by atoms with Crippen LogP contribution in [0.2, 0.25) is 0 Å². The van der Waals surface area contributed by atoms with E-state index < -0.39 is 0 Å². The summed E-state index contributed by atoms with van der Waals surface area (Å²) < 4.78 is 0. The lowest BCUT2D eigenvalue weighted by Crippen LogP contribution is -2.35. The van der Waals surface area contributed by atoms with Crippen LogP contribution in [0, 0.1) is 6.92 Å². The summed E-state index contributed by atoms with van der Waals surface area (Å²) in [6, 6.07) is 6.26. The molecule has 1 fully saturated rings. The summed E-state index contributed by atoms with van der Waals surface area (Å²) in [6.07, 6.45) is 7.26. The van der Waals surface area contributed by atoms with Crippen molar-refractivity contribution in [1.82, 2.24) is 25.2 Å². The molecule has 1 aliphatic heterocycles. The summed E-state index contributed by atoms with van der Waals surface area (Å²) >= 11 is 0. The van der Waals surface area contributed by atoms with Crippen LogP contribution in [-0.2, 0) is 0 Å². The van der Waals surface area contributed by atoms with Gasteiger partial charge in [0, 0.05) is 29.7 Å². The van der Waals surface area contributed by atoms with E-state index in [9.17, 15) is 0 Å². The lowest BCUT2D eigenvalue weighted by atomic mass is 10.0. The van der Waals surface area contributed by atoms with Crippen LogP contribution in [0.15, 0.2) is 30.7 Å². The minimum absolute atomic E-state index is 0.875. The number of piperidine rings is 1. The van der Waals surface area contributed by atoms with Gasteiger partial charge in [0.2, 0.25) is 0 Å². The van der Waals surface area contributed by atoms with Crippen molar-refractivity contribution >= 4 is 16.7 Å². The van der Waals surface area contributed by atoms with E-state index in [0.29, 0.717) is 0 Å². The highest BCUT2D eigenvalue weighted by Crippen LogP contribution is 2.28. The van der Waals surface area contributed by atoms with Gasteiger partial charge >= 0.3 is 0 Å². The quantitative estimate of drug-likeness (QED) is 0.778. The van der Waals surface area contributed by atoms with E-state index in [1.807, 2.05) is 19.2 Å². The van der Waals surface area contributed by atoms with E-state index in [0.717, 1.165) is 46.6 Å². The molecule has 23 heavy (non-hydrogen) atoms. The highest BCUT2D eigenvalue weighted by atomic mass is 15.5. The minimum atomic E-state index is 0.875. The monoisotopic (exact) mass is 308 g/mol. The van der Waals surface area contributed by atoms with Gasteiger partial charge in [-0.2, -0.15) is 5.10 Å². The molecule has 0 spiro atoms. The molecule has 3 heterocycles. The van der Waals surface area contributed by atoms with Gasteiger partial charge in [-0.1, -0.05) is 12.5 Å². The maximum absolute atomic E-state index is 4.46. The van der Waals surface area contributed by atoms with E-state index in [-0.39, 0.29) is 0 Å². The van der Waals surface area contributed by atoms with Crippen LogP contribution >= 0.6 is 0 Å². The molecule has 0 amide bonds. The van der Waals surface area contributed by atoms with Crippen LogP contribution in [-0.4, -0.2) is 38.3 Å². The van der Waals surface area contributed by atoms with Crippen molar-refractivity contribution in [2.45, 2.75) is 26.2 Å². The second-order valence-electron chi connectivity index (χ2n) is 6.02. The molecule has 1 aliphatic rings. The first-order valence-corrected chi connectivity index (χ1v) is 8.08. The Kier molecular flexibility index (Phi) is 3.67. The highest BCUT2D eigenvalue weighted by molar-refractivity contribution is 5.92. The van der Waals surface area contributed by atoms with Crippen molar-refractivity contribution in [2.75, 3.05) is 18.5 Å². The SMILES string of the molecule is Cc1[nH]ncc1-c1ccc2ncnc(NN3CCCCC3)c2c1. The fraction of sp³-hybridized carbons (Fsp3) is 0.353. The smallest absolute Gasteiger partial charge is 0.151 e. The van der Waals surface area contributed by atoms with Gasteiger partial charge in [-0.3, -0.25) is 5.10 Å². The number of anilines is 1. The Morgan fingerprint density at radius 1 is 1.13 bits per heavy atom. The molecule has 2 N–H and O–H groups in total. The fourth-order valence-electron chi connectivity index (χ4n) is 3.11. The Balaban J connectivity index is 1.73. The first-order chi connectivity index (χ1) is 11.3. The molecule has 0 unspecified atom stereocenters. The number of hydrazine groups is 1. The number of nitrogens with zero attached hydrogens (tertiary/aromatic N) is 4. The van der Waals surface area contributed by atoms with Crippen LogP contribution in [0.5, 0.6) is 0 Å². The molecule has 6 heteroatoms. The van der Waals surface area contributed by atoms with Gasteiger partial charge in [-0.15, -0.1) is 0 Å². The Morgan fingerprint density at radius 3 is 2.78 bits per heavy atom. The summed E-state index contributed by atoms with van der Waals surface area (Å²) in [6.45, 7) is 4.15. The van der Waals surface area contributed by atoms with Crippen LogP contribution in [0.1, 0.15) is 25.0 Å².